The predicted octanol–water partition coefficient (Wildman–Crippen LogP) is 7.12. The van der Waals surface area contributed by atoms with E-state index in [1.165, 1.54) is 30.4 Å². The molecule has 0 N–H and O–H groups in total. The van der Waals surface area contributed by atoms with Crippen LogP contribution in [0.1, 0.15) is 73.6 Å². The van der Waals surface area contributed by atoms with E-state index >= 15 is 0 Å². The average molecular weight is 337 g/mol. The molecule has 0 amide bonds. The maximum Gasteiger partial charge on any atom is 0.191 e. The molecule has 1 saturated carbocycles. The van der Waals surface area contributed by atoms with Crippen LogP contribution in [0.15, 0.2) is 23.8 Å². The van der Waals surface area contributed by atoms with Crippen molar-refractivity contribution in [2.24, 2.45) is 11.3 Å². The van der Waals surface area contributed by atoms with Crippen LogP contribution in [0.2, 0.25) is 18.1 Å². The van der Waals surface area contributed by atoms with Gasteiger partial charge in [0.1, 0.15) is 0 Å². The second-order valence-electron chi connectivity index (χ2n) is 9.43. The average Bonchev–Trinajstić information content (AvgIpc) is 2.41. The van der Waals surface area contributed by atoms with E-state index in [0.717, 1.165) is 25.4 Å². The third-order valence-corrected chi connectivity index (χ3v) is 11.2. The molecule has 0 heterocycles. The van der Waals surface area contributed by atoms with Gasteiger partial charge in [0.05, 0.1) is 0 Å². The molecule has 0 aromatic rings. The summed E-state index contributed by atoms with van der Waals surface area (Å²) in [6, 6.07) is 0. The normalized spacial score (nSPS) is 27.4. The van der Waals surface area contributed by atoms with Gasteiger partial charge >= 0.3 is 0 Å². The highest BCUT2D eigenvalue weighted by Crippen LogP contribution is 2.47. The molecule has 1 rings (SSSR count). The Morgan fingerprint density at radius 3 is 2.52 bits per heavy atom. The van der Waals surface area contributed by atoms with Gasteiger partial charge in [-0.3, -0.25) is 0 Å². The third kappa shape index (κ3) is 5.32. The molecule has 1 fully saturated rings. The van der Waals surface area contributed by atoms with Gasteiger partial charge in [-0.15, -0.1) is 0 Å². The molecule has 0 unspecified atom stereocenters. The lowest BCUT2D eigenvalue weighted by atomic mass is 9.64. The summed E-state index contributed by atoms with van der Waals surface area (Å²) in [6.07, 6.45) is 8.52. The van der Waals surface area contributed by atoms with E-state index in [1.807, 2.05) is 0 Å². The Hall–Kier alpha value is -0.343. The molecule has 0 aliphatic heterocycles. The van der Waals surface area contributed by atoms with Gasteiger partial charge in [0.15, 0.2) is 8.32 Å². The Balaban J connectivity index is 2.53. The highest BCUT2D eigenvalue weighted by atomic mass is 28.4. The smallest absolute Gasteiger partial charge is 0.191 e. The number of allylic oxidation sites excluding steroid dienone is 2. The molecule has 1 aliphatic carbocycles. The summed E-state index contributed by atoms with van der Waals surface area (Å²) in [5, 5.41) is 0.299. The minimum absolute atomic E-state index is 0.291. The van der Waals surface area contributed by atoms with Gasteiger partial charge in [0.25, 0.3) is 0 Å². The number of hydrogen-bond donors (Lipinski definition) is 0. The zero-order chi connectivity index (χ0) is 17.9. The fourth-order valence-electron chi connectivity index (χ4n) is 3.09. The lowest BCUT2D eigenvalue weighted by Crippen LogP contribution is -2.41. The van der Waals surface area contributed by atoms with Crippen LogP contribution in [0, 0.1) is 11.3 Å². The van der Waals surface area contributed by atoms with Crippen molar-refractivity contribution in [3.63, 3.8) is 0 Å². The molecular formula is C21H40OSi. The highest BCUT2D eigenvalue weighted by Gasteiger charge is 2.37. The lowest BCUT2D eigenvalue weighted by molar-refractivity contribution is 0.204. The molecule has 134 valence electrons. The van der Waals surface area contributed by atoms with Crippen molar-refractivity contribution in [1.82, 2.24) is 0 Å². The van der Waals surface area contributed by atoms with E-state index in [-0.39, 0.29) is 0 Å². The van der Waals surface area contributed by atoms with Gasteiger partial charge < -0.3 is 4.43 Å². The van der Waals surface area contributed by atoms with Crippen molar-refractivity contribution >= 4 is 8.32 Å². The van der Waals surface area contributed by atoms with E-state index in [9.17, 15) is 0 Å². The molecule has 1 nitrogen and oxygen atoms in total. The van der Waals surface area contributed by atoms with Crippen LogP contribution >= 0.6 is 0 Å². The zero-order valence-electron chi connectivity index (χ0n) is 17.0. The van der Waals surface area contributed by atoms with Crippen LogP contribution in [0.5, 0.6) is 0 Å². The fraction of sp³-hybridized carbons (Fsp3) is 0.810. The SMILES string of the molecule is C=C1CCC[C@@H](C)[C@]1(C)C/C=C(\C)CCO[Si](C)(C)C(C)(C)C. The number of rotatable bonds is 6. The van der Waals surface area contributed by atoms with Gasteiger partial charge in [-0.1, -0.05) is 58.4 Å². The largest absolute Gasteiger partial charge is 0.417 e. The second kappa shape index (κ2) is 7.69. The summed E-state index contributed by atoms with van der Waals surface area (Å²) in [5.41, 5.74) is 3.22. The van der Waals surface area contributed by atoms with Crippen molar-refractivity contribution in [1.29, 1.82) is 0 Å². The van der Waals surface area contributed by atoms with Gasteiger partial charge in [-0.25, -0.2) is 0 Å². The van der Waals surface area contributed by atoms with E-state index in [0.29, 0.717) is 10.5 Å². The summed E-state index contributed by atoms with van der Waals surface area (Å²) < 4.78 is 6.30. The van der Waals surface area contributed by atoms with Crippen molar-refractivity contribution < 1.29 is 4.43 Å². The summed E-state index contributed by atoms with van der Waals surface area (Å²) >= 11 is 0. The maximum absolute atomic E-state index is 6.30. The molecule has 1 aliphatic rings. The molecule has 2 atom stereocenters. The Morgan fingerprint density at radius 2 is 2.00 bits per heavy atom. The summed E-state index contributed by atoms with van der Waals surface area (Å²) in [6.45, 7) is 23.9. The van der Waals surface area contributed by atoms with E-state index in [1.54, 1.807) is 0 Å². The fourth-order valence-corrected chi connectivity index (χ4v) is 4.14. The third-order valence-electron chi connectivity index (χ3n) is 6.65. The van der Waals surface area contributed by atoms with E-state index < -0.39 is 8.32 Å². The minimum Gasteiger partial charge on any atom is -0.417 e. The van der Waals surface area contributed by atoms with Gasteiger partial charge in [-0.05, 0) is 68.5 Å². The zero-order valence-corrected chi connectivity index (χ0v) is 18.0. The lowest BCUT2D eigenvalue weighted by Gasteiger charge is -2.41. The van der Waals surface area contributed by atoms with Crippen LogP contribution in [-0.2, 0) is 4.43 Å². The topological polar surface area (TPSA) is 9.23 Å². The molecule has 0 saturated heterocycles. The van der Waals surface area contributed by atoms with Crippen LogP contribution in [0.3, 0.4) is 0 Å². The first-order chi connectivity index (χ1) is 10.4. The van der Waals surface area contributed by atoms with Crippen molar-refractivity contribution in [3.05, 3.63) is 23.8 Å². The van der Waals surface area contributed by atoms with Crippen LogP contribution in [0.25, 0.3) is 0 Å². The first-order valence-corrected chi connectivity index (χ1v) is 12.3. The Kier molecular flexibility index (Phi) is 6.92. The summed E-state index contributed by atoms with van der Waals surface area (Å²) in [5.74, 6) is 0.747. The van der Waals surface area contributed by atoms with Crippen LogP contribution in [-0.4, -0.2) is 14.9 Å². The van der Waals surface area contributed by atoms with Crippen molar-refractivity contribution in [3.8, 4) is 0 Å². The van der Waals surface area contributed by atoms with Crippen molar-refractivity contribution in [2.75, 3.05) is 6.61 Å². The Labute approximate surface area is 146 Å². The predicted molar refractivity (Wildman–Crippen MR) is 106 cm³/mol. The molecule has 0 bridgehead atoms. The van der Waals surface area contributed by atoms with Crippen LogP contribution in [0.4, 0.5) is 0 Å². The Bertz CT molecular complexity index is 441. The van der Waals surface area contributed by atoms with Gasteiger partial charge in [0, 0.05) is 6.61 Å². The van der Waals surface area contributed by atoms with Gasteiger partial charge in [0.2, 0.25) is 0 Å². The Morgan fingerprint density at radius 1 is 1.39 bits per heavy atom. The standard InChI is InChI=1S/C21H40OSi/c1-17(14-16-22-23(8,9)20(4,5)6)13-15-21(7)18(2)11-10-12-19(21)3/h13,19H,2,10-12,14-16H2,1,3-9H3/b17-13+/t19-,21-/m1/s1. The molecule has 2 heteroatoms. The van der Waals surface area contributed by atoms with Crippen LogP contribution < -0.4 is 0 Å². The first kappa shape index (κ1) is 20.7. The minimum atomic E-state index is -1.61. The monoisotopic (exact) mass is 336 g/mol. The molecule has 0 spiro atoms. The molecule has 0 aromatic carbocycles. The molecule has 23 heavy (non-hydrogen) atoms. The quantitative estimate of drug-likeness (QED) is 0.370. The molecular weight excluding hydrogens is 296 g/mol. The summed E-state index contributed by atoms with van der Waals surface area (Å²) in [4.78, 5) is 0. The van der Waals surface area contributed by atoms with E-state index in [4.69, 9.17) is 4.43 Å². The van der Waals surface area contributed by atoms with E-state index in [2.05, 4.69) is 67.3 Å². The highest BCUT2D eigenvalue weighted by molar-refractivity contribution is 6.74. The summed E-state index contributed by atoms with van der Waals surface area (Å²) in [7, 11) is -1.61. The first-order valence-electron chi connectivity index (χ1n) is 9.38. The van der Waals surface area contributed by atoms with Gasteiger partial charge in [-0.2, -0.15) is 0 Å². The molecule has 0 aromatic heterocycles. The molecule has 0 radical (unpaired) electrons. The maximum atomic E-state index is 6.30. The second-order valence-corrected chi connectivity index (χ2v) is 14.2. The number of hydrogen-bond acceptors (Lipinski definition) is 1. The van der Waals surface area contributed by atoms with Crippen molar-refractivity contribution in [2.45, 2.75) is 91.8 Å².